The maximum atomic E-state index is 11.7. The lowest BCUT2D eigenvalue weighted by molar-refractivity contribution is -0.119. The van der Waals surface area contributed by atoms with Crippen molar-refractivity contribution in [2.24, 2.45) is 0 Å². The van der Waals surface area contributed by atoms with E-state index in [0.717, 1.165) is 23.9 Å². The number of anilines is 1. The van der Waals surface area contributed by atoms with Crippen LogP contribution in [0.2, 0.25) is 0 Å². The minimum absolute atomic E-state index is 0.0462. The third kappa shape index (κ3) is 5.53. The Hall–Kier alpha value is -1.30. The van der Waals surface area contributed by atoms with Crippen LogP contribution in [-0.4, -0.2) is 40.8 Å². The number of hydrogen-bond donors (Lipinski definition) is 1. The van der Waals surface area contributed by atoms with Crippen LogP contribution in [0, 0.1) is 0 Å². The molecule has 1 aromatic rings. The van der Waals surface area contributed by atoms with Gasteiger partial charge in [0.05, 0.1) is 5.75 Å². The quantitative estimate of drug-likeness (QED) is 0.669. The number of nitrogens with one attached hydrogen (secondary N) is 1. The number of carbonyl (C=O) groups excluding carboxylic acids is 1. The molecule has 2 heterocycles. The van der Waals surface area contributed by atoms with Gasteiger partial charge >= 0.3 is 0 Å². The van der Waals surface area contributed by atoms with Crippen LogP contribution in [-0.2, 0) is 4.79 Å². The minimum Gasteiger partial charge on any atom is -0.356 e. The molecule has 0 atom stereocenters. The maximum absolute atomic E-state index is 11.7. The summed E-state index contributed by atoms with van der Waals surface area (Å²) in [6, 6.07) is 2.18. The van der Waals surface area contributed by atoms with E-state index in [-0.39, 0.29) is 11.9 Å². The fraction of sp³-hybridized carbons (Fsp3) is 0.667. The average Bonchev–Trinajstić information content (AvgIpc) is 2.74. The molecule has 6 heteroatoms. The van der Waals surface area contributed by atoms with E-state index < -0.39 is 0 Å². The molecule has 116 valence electrons. The number of rotatable bonds is 5. The summed E-state index contributed by atoms with van der Waals surface area (Å²) in [6.45, 7) is 6.05. The predicted octanol–water partition coefficient (Wildman–Crippen LogP) is 2.47. The average molecular weight is 308 g/mol. The SMILES string of the molecule is CC(C)NC(=O)CSc1cc(N2CCCCCC2)ncn1. The molecule has 1 fully saturated rings. The molecule has 0 saturated carbocycles. The van der Waals surface area contributed by atoms with Crippen molar-refractivity contribution >= 4 is 23.5 Å². The van der Waals surface area contributed by atoms with Gasteiger partial charge < -0.3 is 10.2 Å². The second kappa shape index (κ2) is 8.22. The van der Waals surface area contributed by atoms with Gasteiger partial charge in [-0.25, -0.2) is 9.97 Å². The number of aromatic nitrogens is 2. The Balaban J connectivity index is 1.92. The largest absolute Gasteiger partial charge is 0.356 e. The zero-order chi connectivity index (χ0) is 15.1. The van der Waals surface area contributed by atoms with E-state index in [1.54, 1.807) is 6.33 Å². The highest BCUT2D eigenvalue weighted by molar-refractivity contribution is 7.99. The molecule has 1 amide bonds. The Morgan fingerprint density at radius 3 is 2.67 bits per heavy atom. The van der Waals surface area contributed by atoms with E-state index in [4.69, 9.17) is 0 Å². The smallest absolute Gasteiger partial charge is 0.230 e. The molecule has 0 radical (unpaired) electrons. The molecule has 0 bridgehead atoms. The van der Waals surface area contributed by atoms with Gasteiger partial charge in [-0.15, -0.1) is 0 Å². The number of nitrogens with zero attached hydrogens (tertiary/aromatic N) is 3. The molecule has 21 heavy (non-hydrogen) atoms. The van der Waals surface area contributed by atoms with E-state index in [2.05, 4.69) is 20.2 Å². The summed E-state index contributed by atoms with van der Waals surface area (Å²) in [6.07, 6.45) is 6.66. The van der Waals surface area contributed by atoms with Crippen molar-refractivity contribution in [3.8, 4) is 0 Å². The van der Waals surface area contributed by atoms with Crippen molar-refractivity contribution in [2.75, 3.05) is 23.7 Å². The van der Waals surface area contributed by atoms with Crippen LogP contribution < -0.4 is 10.2 Å². The first kappa shape index (κ1) is 16.1. The third-order valence-corrected chi connectivity index (χ3v) is 4.28. The van der Waals surface area contributed by atoms with E-state index in [1.807, 2.05) is 19.9 Å². The van der Waals surface area contributed by atoms with Gasteiger partial charge in [-0.05, 0) is 26.7 Å². The fourth-order valence-electron chi connectivity index (χ4n) is 2.38. The fourth-order valence-corrected chi connectivity index (χ4v) is 3.06. The summed E-state index contributed by atoms with van der Waals surface area (Å²) in [5.41, 5.74) is 0. The van der Waals surface area contributed by atoms with Crippen molar-refractivity contribution in [2.45, 2.75) is 50.6 Å². The molecule has 1 aliphatic heterocycles. The Labute approximate surface area is 130 Å². The number of thioether (sulfide) groups is 1. The van der Waals surface area contributed by atoms with Crippen LogP contribution in [0.4, 0.5) is 5.82 Å². The van der Waals surface area contributed by atoms with Gasteiger partial charge in [0.2, 0.25) is 5.91 Å². The highest BCUT2D eigenvalue weighted by Crippen LogP contribution is 2.22. The highest BCUT2D eigenvalue weighted by atomic mass is 32.2. The summed E-state index contributed by atoms with van der Waals surface area (Å²) in [5.74, 6) is 1.43. The van der Waals surface area contributed by atoms with Gasteiger partial charge in [-0.2, -0.15) is 0 Å². The van der Waals surface area contributed by atoms with Crippen LogP contribution in [0.5, 0.6) is 0 Å². The van der Waals surface area contributed by atoms with Crippen LogP contribution in [0.3, 0.4) is 0 Å². The summed E-state index contributed by atoms with van der Waals surface area (Å²) in [5, 5.41) is 3.75. The maximum Gasteiger partial charge on any atom is 0.230 e. The van der Waals surface area contributed by atoms with E-state index in [0.29, 0.717) is 5.75 Å². The lowest BCUT2D eigenvalue weighted by Crippen LogP contribution is -2.31. The lowest BCUT2D eigenvalue weighted by Gasteiger charge is -2.21. The molecule has 0 unspecified atom stereocenters. The van der Waals surface area contributed by atoms with Crippen molar-refractivity contribution in [1.82, 2.24) is 15.3 Å². The first-order chi connectivity index (χ1) is 10.1. The lowest BCUT2D eigenvalue weighted by atomic mass is 10.2. The Morgan fingerprint density at radius 2 is 2.00 bits per heavy atom. The molecule has 0 aliphatic carbocycles. The number of carbonyl (C=O) groups is 1. The summed E-state index contributed by atoms with van der Waals surface area (Å²) in [7, 11) is 0. The minimum atomic E-state index is 0.0462. The Morgan fingerprint density at radius 1 is 1.29 bits per heavy atom. The molecular weight excluding hydrogens is 284 g/mol. The first-order valence-electron chi connectivity index (χ1n) is 7.64. The van der Waals surface area contributed by atoms with Gasteiger partial charge in [0.25, 0.3) is 0 Å². The van der Waals surface area contributed by atoms with Gasteiger partial charge in [0, 0.05) is 25.2 Å². The van der Waals surface area contributed by atoms with Gasteiger partial charge in [0.1, 0.15) is 17.2 Å². The van der Waals surface area contributed by atoms with Gasteiger partial charge in [-0.3, -0.25) is 4.79 Å². The molecule has 1 aliphatic rings. The van der Waals surface area contributed by atoms with Crippen LogP contribution >= 0.6 is 11.8 Å². The molecule has 1 N–H and O–H groups in total. The predicted molar refractivity (Wildman–Crippen MR) is 86.7 cm³/mol. The monoisotopic (exact) mass is 308 g/mol. The van der Waals surface area contributed by atoms with Crippen LogP contribution in [0.25, 0.3) is 0 Å². The second-order valence-corrected chi connectivity index (χ2v) is 6.62. The van der Waals surface area contributed by atoms with Crippen molar-refractivity contribution in [3.63, 3.8) is 0 Å². The van der Waals surface area contributed by atoms with Crippen molar-refractivity contribution in [1.29, 1.82) is 0 Å². The molecule has 1 saturated heterocycles. The third-order valence-electron chi connectivity index (χ3n) is 3.36. The standard InChI is InChI=1S/C15H24N4OS/c1-12(2)18-14(20)10-21-15-9-13(16-11-17-15)19-7-5-3-4-6-8-19/h9,11-12H,3-8,10H2,1-2H3,(H,18,20). The summed E-state index contributed by atoms with van der Waals surface area (Å²) >= 11 is 1.46. The van der Waals surface area contributed by atoms with E-state index in [9.17, 15) is 4.79 Å². The Bertz CT molecular complexity index is 459. The number of amides is 1. The summed E-state index contributed by atoms with van der Waals surface area (Å²) in [4.78, 5) is 22.6. The van der Waals surface area contributed by atoms with Crippen LogP contribution in [0.15, 0.2) is 17.4 Å². The molecule has 0 spiro atoms. The molecule has 5 nitrogen and oxygen atoms in total. The van der Waals surface area contributed by atoms with Crippen LogP contribution in [0.1, 0.15) is 39.5 Å². The van der Waals surface area contributed by atoms with E-state index >= 15 is 0 Å². The topological polar surface area (TPSA) is 58.1 Å². The van der Waals surface area contributed by atoms with Crippen molar-refractivity contribution in [3.05, 3.63) is 12.4 Å². The molecule has 0 aromatic carbocycles. The van der Waals surface area contributed by atoms with Gasteiger partial charge in [-0.1, -0.05) is 24.6 Å². The van der Waals surface area contributed by atoms with Crippen molar-refractivity contribution < 1.29 is 4.79 Å². The Kier molecular flexibility index (Phi) is 6.29. The summed E-state index contributed by atoms with van der Waals surface area (Å²) < 4.78 is 0. The highest BCUT2D eigenvalue weighted by Gasteiger charge is 2.12. The zero-order valence-electron chi connectivity index (χ0n) is 12.8. The normalized spacial score (nSPS) is 15.9. The van der Waals surface area contributed by atoms with E-state index in [1.165, 1.54) is 37.4 Å². The van der Waals surface area contributed by atoms with Gasteiger partial charge in [0.15, 0.2) is 0 Å². The molecule has 2 rings (SSSR count). The molecular formula is C15H24N4OS. The first-order valence-corrected chi connectivity index (χ1v) is 8.63. The second-order valence-electron chi connectivity index (χ2n) is 5.63. The number of hydrogen-bond acceptors (Lipinski definition) is 5. The zero-order valence-corrected chi connectivity index (χ0v) is 13.7. The molecule has 1 aromatic heterocycles.